The molecule has 0 amide bonds. The van der Waals surface area contributed by atoms with E-state index in [1.165, 1.54) is 5.69 Å². The Morgan fingerprint density at radius 1 is 1.38 bits per heavy atom. The molecule has 1 heterocycles. The number of ketones is 1. The molecule has 0 N–H and O–H groups in total. The fourth-order valence-electron chi connectivity index (χ4n) is 1.96. The fraction of sp³-hybridized carbons (Fsp3) is 0.462. The van der Waals surface area contributed by atoms with Gasteiger partial charge in [0.15, 0.2) is 5.78 Å². The molecule has 1 aromatic carbocycles. The van der Waals surface area contributed by atoms with Crippen molar-refractivity contribution in [2.45, 2.75) is 20.0 Å². The molecule has 16 heavy (non-hydrogen) atoms. The van der Waals surface area contributed by atoms with E-state index in [1.807, 2.05) is 24.3 Å². The Balaban J connectivity index is 2.11. The van der Waals surface area contributed by atoms with Gasteiger partial charge in [-0.3, -0.25) is 4.79 Å². The van der Waals surface area contributed by atoms with Crippen LogP contribution < -0.4 is 4.90 Å². The van der Waals surface area contributed by atoms with Crippen LogP contribution in [-0.2, 0) is 4.74 Å². The highest BCUT2D eigenvalue weighted by atomic mass is 16.5. The summed E-state index contributed by atoms with van der Waals surface area (Å²) < 4.78 is 5.50. The SMILES string of the molecule is CC(=O)c1ccc(N2CCO[C@@H](C)C2)cc1. The maximum absolute atomic E-state index is 11.2. The van der Waals surface area contributed by atoms with E-state index in [2.05, 4.69) is 11.8 Å². The Morgan fingerprint density at radius 3 is 2.62 bits per heavy atom. The van der Waals surface area contributed by atoms with E-state index in [0.29, 0.717) is 0 Å². The highest BCUT2D eigenvalue weighted by Crippen LogP contribution is 2.18. The normalized spacial score (nSPS) is 20.9. The molecule has 3 nitrogen and oxygen atoms in total. The molecular formula is C13H17NO2. The van der Waals surface area contributed by atoms with Crippen molar-refractivity contribution in [1.29, 1.82) is 0 Å². The van der Waals surface area contributed by atoms with Gasteiger partial charge in [0.25, 0.3) is 0 Å². The number of hydrogen-bond donors (Lipinski definition) is 0. The summed E-state index contributed by atoms with van der Waals surface area (Å²) in [7, 11) is 0. The van der Waals surface area contributed by atoms with Gasteiger partial charge < -0.3 is 9.64 Å². The van der Waals surface area contributed by atoms with E-state index in [1.54, 1.807) is 6.92 Å². The second kappa shape index (κ2) is 4.66. The van der Waals surface area contributed by atoms with Crippen LogP contribution in [0.2, 0.25) is 0 Å². The Morgan fingerprint density at radius 2 is 2.06 bits per heavy atom. The van der Waals surface area contributed by atoms with Gasteiger partial charge in [0.1, 0.15) is 0 Å². The van der Waals surface area contributed by atoms with E-state index >= 15 is 0 Å². The summed E-state index contributed by atoms with van der Waals surface area (Å²) in [4.78, 5) is 13.4. The number of Topliss-reactive ketones (excluding diaryl/α,β-unsaturated/α-hetero) is 1. The number of nitrogens with zero attached hydrogens (tertiary/aromatic N) is 1. The molecule has 86 valence electrons. The van der Waals surface area contributed by atoms with Crippen LogP contribution in [-0.4, -0.2) is 31.6 Å². The first-order valence-corrected chi connectivity index (χ1v) is 5.64. The molecule has 1 aliphatic rings. The van der Waals surface area contributed by atoms with Gasteiger partial charge in [0.2, 0.25) is 0 Å². The predicted molar refractivity (Wildman–Crippen MR) is 64.1 cm³/mol. The number of ether oxygens (including phenoxy) is 1. The zero-order valence-electron chi connectivity index (χ0n) is 9.77. The average Bonchev–Trinajstić information content (AvgIpc) is 2.29. The summed E-state index contributed by atoms with van der Waals surface area (Å²) >= 11 is 0. The number of anilines is 1. The first-order chi connectivity index (χ1) is 7.66. The molecule has 0 bridgehead atoms. The zero-order chi connectivity index (χ0) is 11.5. The van der Waals surface area contributed by atoms with Gasteiger partial charge in [-0.2, -0.15) is 0 Å². The van der Waals surface area contributed by atoms with Crippen LogP contribution in [0.1, 0.15) is 24.2 Å². The van der Waals surface area contributed by atoms with Crippen molar-refractivity contribution in [3.8, 4) is 0 Å². The van der Waals surface area contributed by atoms with Crippen molar-refractivity contribution in [3.05, 3.63) is 29.8 Å². The zero-order valence-corrected chi connectivity index (χ0v) is 9.77. The first-order valence-electron chi connectivity index (χ1n) is 5.64. The maximum Gasteiger partial charge on any atom is 0.159 e. The lowest BCUT2D eigenvalue weighted by molar-refractivity contribution is 0.0532. The fourth-order valence-corrected chi connectivity index (χ4v) is 1.96. The van der Waals surface area contributed by atoms with Crippen LogP contribution in [0.25, 0.3) is 0 Å². The number of carbonyl (C=O) groups is 1. The highest BCUT2D eigenvalue weighted by molar-refractivity contribution is 5.94. The smallest absolute Gasteiger partial charge is 0.159 e. The molecule has 1 aromatic rings. The van der Waals surface area contributed by atoms with E-state index < -0.39 is 0 Å². The lowest BCUT2D eigenvalue weighted by Gasteiger charge is -2.32. The summed E-state index contributed by atoms with van der Waals surface area (Å²) in [6.07, 6.45) is 0.279. The van der Waals surface area contributed by atoms with Crippen molar-refractivity contribution in [2.75, 3.05) is 24.6 Å². The summed E-state index contributed by atoms with van der Waals surface area (Å²) in [5.41, 5.74) is 1.94. The lowest BCUT2D eigenvalue weighted by Crippen LogP contribution is -2.41. The van der Waals surface area contributed by atoms with Gasteiger partial charge in [0, 0.05) is 24.3 Å². The quantitative estimate of drug-likeness (QED) is 0.713. The number of benzene rings is 1. The van der Waals surface area contributed by atoms with Crippen molar-refractivity contribution >= 4 is 11.5 Å². The summed E-state index contributed by atoms with van der Waals surface area (Å²) in [5, 5.41) is 0. The molecule has 0 unspecified atom stereocenters. The number of hydrogen-bond acceptors (Lipinski definition) is 3. The topological polar surface area (TPSA) is 29.5 Å². The van der Waals surface area contributed by atoms with Crippen LogP contribution in [0.5, 0.6) is 0 Å². The van der Waals surface area contributed by atoms with Crippen LogP contribution in [0.4, 0.5) is 5.69 Å². The third-order valence-corrected chi connectivity index (χ3v) is 2.88. The molecule has 1 aliphatic heterocycles. The number of carbonyl (C=O) groups excluding carboxylic acids is 1. The molecule has 1 saturated heterocycles. The summed E-state index contributed by atoms with van der Waals surface area (Å²) in [5.74, 6) is 0.113. The van der Waals surface area contributed by atoms with Crippen LogP contribution in [0.15, 0.2) is 24.3 Å². The molecule has 0 spiro atoms. The molecule has 1 atom stereocenters. The van der Waals surface area contributed by atoms with Gasteiger partial charge in [-0.1, -0.05) is 0 Å². The molecule has 0 aliphatic carbocycles. The maximum atomic E-state index is 11.2. The third-order valence-electron chi connectivity index (χ3n) is 2.88. The Kier molecular flexibility index (Phi) is 3.25. The molecule has 0 aromatic heterocycles. The summed E-state index contributed by atoms with van der Waals surface area (Å²) in [6.45, 7) is 6.28. The van der Waals surface area contributed by atoms with Crippen LogP contribution in [0.3, 0.4) is 0 Å². The molecule has 1 fully saturated rings. The molecule has 2 rings (SSSR count). The largest absolute Gasteiger partial charge is 0.375 e. The minimum Gasteiger partial charge on any atom is -0.375 e. The molecule has 0 radical (unpaired) electrons. The summed E-state index contributed by atoms with van der Waals surface area (Å²) in [6, 6.07) is 7.79. The minimum absolute atomic E-state index is 0.113. The van der Waals surface area contributed by atoms with Gasteiger partial charge in [-0.05, 0) is 38.1 Å². The van der Waals surface area contributed by atoms with Crippen molar-refractivity contribution in [1.82, 2.24) is 0 Å². The van der Waals surface area contributed by atoms with E-state index in [0.717, 1.165) is 25.3 Å². The first kappa shape index (κ1) is 11.1. The lowest BCUT2D eigenvalue weighted by atomic mass is 10.1. The number of morpholine rings is 1. The Bertz CT molecular complexity index is 372. The van der Waals surface area contributed by atoms with Crippen molar-refractivity contribution in [3.63, 3.8) is 0 Å². The second-order valence-electron chi connectivity index (χ2n) is 4.23. The minimum atomic E-state index is 0.113. The number of rotatable bonds is 2. The third kappa shape index (κ3) is 2.42. The van der Waals surface area contributed by atoms with Gasteiger partial charge >= 0.3 is 0 Å². The van der Waals surface area contributed by atoms with Crippen LogP contribution in [0, 0.1) is 0 Å². The second-order valence-corrected chi connectivity index (χ2v) is 4.23. The van der Waals surface area contributed by atoms with Gasteiger partial charge in [0.05, 0.1) is 12.7 Å². The van der Waals surface area contributed by atoms with Crippen molar-refractivity contribution < 1.29 is 9.53 Å². The monoisotopic (exact) mass is 219 g/mol. The van der Waals surface area contributed by atoms with E-state index in [-0.39, 0.29) is 11.9 Å². The van der Waals surface area contributed by atoms with E-state index in [4.69, 9.17) is 4.74 Å². The van der Waals surface area contributed by atoms with Gasteiger partial charge in [-0.15, -0.1) is 0 Å². The standard InChI is InChI=1S/C13H17NO2/c1-10-9-14(7-8-16-10)13-5-3-12(4-6-13)11(2)15/h3-6,10H,7-9H2,1-2H3/t10-/m0/s1. The van der Waals surface area contributed by atoms with Gasteiger partial charge in [-0.25, -0.2) is 0 Å². The van der Waals surface area contributed by atoms with Crippen molar-refractivity contribution in [2.24, 2.45) is 0 Å². The Labute approximate surface area is 96.0 Å². The molecular weight excluding hydrogens is 202 g/mol. The Hall–Kier alpha value is -1.35. The van der Waals surface area contributed by atoms with E-state index in [9.17, 15) is 4.79 Å². The molecule has 0 saturated carbocycles. The highest BCUT2D eigenvalue weighted by Gasteiger charge is 2.16. The molecule has 3 heteroatoms. The average molecular weight is 219 g/mol. The van der Waals surface area contributed by atoms with Crippen LogP contribution >= 0.6 is 0 Å². The predicted octanol–water partition coefficient (Wildman–Crippen LogP) is 2.11.